The van der Waals surface area contributed by atoms with Gasteiger partial charge in [0.05, 0.1) is 6.61 Å². The van der Waals surface area contributed by atoms with E-state index in [1.165, 1.54) is 12.8 Å². The first kappa shape index (κ1) is 15.8. The molecule has 0 N–H and O–H groups in total. The minimum Gasteiger partial charge on any atom is -0.478 e. The number of hydrogen-bond acceptors (Lipinski definition) is 6. The molecule has 2 aromatic rings. The van der Waals surface area contributed by atoms with Crippen LogP contribution in [0.3, 0.4) is 0 Å². The first-order valence-electron chi connectivity index (χ1n) is 9.58. The lowest BCUT2D eigenvalue weighted by atomic mass is 9.94. The largest absolute Gasteiger partial charge is 0.478 e. The Bertz CT molecular complexity index is 786. The summed E-state index contributed by atoms with van der Waals surface area (Å²) in [6, 6.07) is 1.77. The van der Waals surface area contributed by atoms with Crippen LogP contribution in [-0.4, -0.2) is 50.4 Å². The van der Waals surface area contributed by atoms with Crippen molar-refractivity contribution < 1.29 is 14.1 Å². The van der Waals surface area contributed by atoms with E-state index in [2.05, 4.69) is 15.2 Å². The van der Waals surface area contributed by atoms with Gasteiger partial charge in [0.1, 0.15) is 0 Å². The summed E-state index contributed by atoms with van der Waals surface area (Å²) in [6.07, 6.45) is 6.08. The summed E-state index contributed by atoms with van der Waals surface area (Å²) in [6.45, 7) is 2.99. The van der Waals surface area contributed by atoms with E-state index >= 15 is 0 Å². The van der Waals surface area contributed by atoms with Gasteiger partial charge in [0.2, 0.25) is 11.8 Å². The van der Waals surface area contributed by atoms with Crippen molar-refractivity contribution in [2.75, 3.05) is 19.7 Å². The van der Waals surface area contributed by atoms with E-state index in [1.54, 1.807) is 10.7 Å². The monoisotopic (exact) mass is 357 g/mol. The smallest absolute Gasteiger partial charge is 0.274 e. The van der Waals surface area contributed by atoms with Crippen molar-refractivity contribution in [2.45, 2.75) is 51.0 Å². The maximum atomic E-state index is 12.9. The normalized spacial score (nSPS) is 22.8. The van der Waals surface area contributed by atoms with Gasteiger partial charge < -0.3 is 14.2 Å². The Hall–Kier alpha value is -2.38. The molecule has 0 aromatic carbocycles. The molecule has 4 heterocycles. The number of nitrogens with zero attached hydrogens (tertiary/aromatic N) is 5. The van der Waals surface area contributed by atoms with Crippen LogP contribution >= 0.6 is 0 Å². The number of aryl methyl sites for hydroxylation is 1. The SMILES string of the molecule is O=C(c1cc2n(n1)CCCO2)N1CCC[C@@H](Cc2nc(C3CC3)no2)C1. The number of likely N-dealkylation sites (tertiary alicyclic amines) is 1. The third-order valence-electron chi connectivity index (χ3n) is 5.42. The van der Waals surface area contributed by atoms with Crippen LogP contribution in [0.25, 0.3) is 0 Å². The molecule has 1 aliphatic carbocycles. The summed E-state index contributed by atoms with van der Waals surface area (Å²) in [4.78, 5) is 19.3. The topological polar surface area (TPSA) is 86.3 Å². The molecule has 26 heavy (non-hydrogen) atoms. The van der Waals surface area contributed by atoms with Crippen LogP contribution in [0.5, 0.6) is 5.88 Å². The average Bonchev–Trinajstić information content (AvgIpc) is 3.26. The molecule has 2 aliphatic heterocycles. The predicted octanol–water partition coefficient (Wildman–Crippen LogP) is 2.02. The first-order valence-corrected chi connectivity index (χ1v) is 9.58. The molecule has 2 fully saturated rings. The van der Waals surface area contributed by atoms with Crippen molar-refractivity contribution in [3.63, 3.8) is 0 Å². The van der Waals surface area contributed by atoms with Crippen LogP contribution in [-0.2, 0) is 13.0 Å². The summed E-state index contributed by atoms with van der Waals surface area (Å²) in [5.41, 5.74) is 0.483. The standard InChI is InChI=1S/C18H23N5O3/c24-18(14-10-16-23(20-14)7-2-8-25-16)22-6-1-3-12(11-22)9-15-19-17(21-26-15)13-4-5-13/h10,12-13H,1-9,11H2/t12-/m0/s1. The van der Waals surface area contributed by atoms with Crippen molar-refractivity contribution in [3.8, 4) is 5.88 Å². The molecule has 0 spiro atoms. The summed E-state index contributed by atoms with van der Waals surface area (Å²) >= 11 is 0. The first-order chi connectivity index (χ1) is 12.8. The fraction of sp³-hybridized carbons (Fsp3) is 0.667. The molecule has 8 nitrogen and oxygen atoms in total. The van der Waals surface area contributed by atoms with Crippen molar-refractivity contribution in [1.82, 2.24) is 24.8 Å². The number of aromatic nitrogens is 4. The van der Waals surface area contributed by atoms with E-state index in [1.807, 2.05) is 4.90 Å². The Labute approximate surface area is 151 Å². The van der Waals surface area contributed by atoms with Crippen LogP contribution in [0.15, 0.2) is 10.6 Å². The zero-order valence-electron chi connectivity index (χ0n) is 14.8. The van der Waals surface area contributed by atoms with E-state index in [9.17, 15) is 4.79 Å². The molecule has 1 saturated carbocycles. The van der Waals surface area contributed by atoms with E-state index in [0.29, 0.717) is 42.5 Å². The number of ether oxygens (including phenoxy) is 1. The second-order valence-corrected chi connectivity index (χ2v) is 7.58. The number of carbonyl (C=O) groups is 1. The minimum atomic E-state index is -0.00982. The van der Waals surface area contributed by atoms with Gasteiger partial charge in [0.15, 0.2) is 11.5 Å². The molecule has 1 amide bonds. The Balaban J connectivity index is 1.24. The van der Waals surface area contributed by atoms with Gasteiger partial charge in [-0.15, -0.1) is 0 Å². The molecule has 138 valence electrons. The molecule has 2 aromatic heterocycles. The van der Waals surface area contributed by atoms with E-state index in [-0.39, 0.29) is 5.91 Å². The van der Waals surface area contributed by atoms with Gasteiger partial charge in [-0.2, -0.15) is 10.1 Å². The van der Waals surface area contributed by atoms with E-state index < -0.39 is 0 Å². The second kappa shape index (κ2) is 6.41. The van der Waals surface area contributed by atoms with E-state index in [0.717, 1.165) is 44.6 Å². The van der Waals surface area contributed by atoms with Crippen molar-refractivity contribution >= 4 is 5.91 Å². The Morgan fingerprint density at radius 2 is 2.15 bits per heavy atom. The van der Waals surface area contributed by atoms with E-state index in [4.69, 9.17) is 9.26 Å². The summed E-state index contributed by atoms with van der Waals surface area (Å²) in [7, 11) is 0. The number of fused-ring (bicyclic) bond motifs is 1. The number of carbonyl (C=O) groups excluding carboxylic acids is 1. The molecule has 0 radical (unpaired) electrons. The lowest BCUT2D eigenvalue weighted by Crippen LogP contribution is -2.40. The van der Waals surface area contributed by atoms with Gasteiger partial charge >= 0.3 is 0 Å². The Morgan fingerprint density at radius 1 is 1.23 bits per heavy atom. The molecular formula is C18H23N5O3. The number of piperidine rings is 1. The van der Waals surface area contributed by atoms with Crippen molar-refractivity contribution in [2.24, 2.45) is 5.92 Å². The molecule has 3 aliphatic rings. The zero-order valence-corrected chi connectivity index (χ0v) is 14.8. The Kier molecular flexibility index (Phi) is 3.90. The highest BCUT2D eigenvalue weighted by molar-refractivity contribution is 5.92. The second-order valence-electron chi connectivity index (χ2n) is 7.58. The highest BCUT2D eigenvalue weighted by Crippen LogP contribution is 2.38. The highest BCUT2D eigenvalue weighted by atomic mass is 16.5. The van der Waals surface area contributed by atoms with Gasteiger partial charge in [0.25, 0.3) is 5.91 Å². The van der Waals surface area contributed by atoms with Gasteiger partial charge in [-0.1, -0.05) is 5.16 Å². The fourth-order valence-electron chi connectivity index (χ4n) is 3.85. The summed E-state index contributed by atoms with van der Waals surface area (Å²) in [5.74, 6) is 3.11. The predicted molar refractivity (Wildman–Crippen MR) is 90.9 cm³/mol. The van der Waals surface area contributed by atoms with Crippen molar-refractivity contribution in [1.29, 1.82) is 0 Å². The number of hydrogen-bond donors (Lipinski definition) is 0. The van der Waals surface area contributed by atoms with Gasteiger partial charge in [-0.3, -0.25) is 4.79 Å². The maximum Gasteiger partial charge on any atom is 0.274 e. The molecule has 8 heteroatoms. The molecule has 0 bridgehead atoms. The quantitative estimate of drug-likeness (QED) is 0.832. The molecular weight excluding hydrogens is 334 g/mol. The number of rotatable bonds is 4. The van der Waals surface area contributed by atoms with Crippen LogP contribution in [0.1, 0.15) is 60.2 Å². The van der Waals surface area contributed by atoms with Gasteiger partial charge in [-0.25, -0.2) is 4.68 Å². The average molecular weight is 357 g/mol. The van der Waals surface area contributed by atoms with Gasteiger partial charge in [-0.05, 0) is 31.6 Å². The van der Waals surface area contributed by atoms with Crippen LogP contribution in [0, 0.1) is 5.92 Å². The molecule has 1 atom stereocenters. The molecule has 0 unspecified atom stereocenters. The fourth-order valence-corrected chi connectivity index (χ4v) is 3.85. The van der Waals surface area contributed by atoms with Crippen LogP contribution in [0.2, 0.25) is 0 Å². The highest BCUT2D eigenvalue weighted by Gasteiger charge is 2.31. The van der Waals surface area contributed by atoms with Crippen LogP contribution in [0.4, 0.5) is 0 Å². The molecule has 5 rings (SSSR count). The number of amides is 1. The van der Waals surface area contributed by atoms with Crippen LogP contribution < -0.4 is 4.74 Å². The minimum absolute atomic E-state index is 0.00982. The summed E-state index contributed by atoms with van der Waals surface area (Å²) in [5, 5.41) is 8.51. The molecule has 1 saturated heterocycles. The summed E-state index contributed by atoms with van der Waals surface area (Å²) < 4.78 is 12.8. The Morgan fingerprint density at radius 3 is 3.00 bits per heavy atom. The zero-order chi connectivity index (χ0) is 17.5. The third kappa shape index (κ3) is 3.08. The lowest BCUT2D eigenvalue weighted by molar-refractivity contribution is 0.0661. The lowest BCUT2D eigenvalue weighted by Gasteiger charge is -2.31. The van der Waals surface area contributed by atoms with Gasteiger partial charge in [0, 0.05) is 44.5 Å². The maximum absolute atomic E-state index is 12.9. The van der Waals surface area contributed by atoms with Crippen molar-refractivity contribution in [3.05, 3.63) is 23.5 Å². The third-order valence-corrected chi connectivity index (χ3v) is 5.42.